The fraction of sp³-hybridized carbons (Fsp3) is 0.909. The third kappa shape index (κ3) is 8.91. The van der Waals surface area contributed by atoms with Crippen LogP contribution >= 0.6 is 0 Å². The van der Waals surface area contributed by atoms with Gasteiger partial charge in [0.05, 0.1) is 0 Å². The predicted octanol–water partition coefficient (Wildman–Crippen LogP) is 7.16. The van der Waals surface area contributed by atoms with Crippen molar-refractivity contribution in [1.29, 1.82) is 0 Å². The van der Waals surface area contributed by atoms with E-state index in [0.29, 0.717) is 0 Å². The first-order valence-corrected chi connectivity index (χ1v) is 18.9. The first-order valence-electron chi connectivity index (χ1n) is 11.2. The molecule has 0 aliphatic rings. The van der Waals surface area contributed by atoms with Gasteiger partial charge in [0.2, 0.25) is 0 Å². The number of unbranched alkanes of at least 4 members (excludes halogenated alkanes) is 3. The molecule has 0 aliphatic carbocycles. The number of carbonyl (C=O) groups is 2. The van der Waals surface area contributed by atoms with E-state index in [4.69, 9.17) is 9.47 Å². The molecular weight excluding hydrogens is 461 g/mol. The number of hydrogen-bond donors (Lipinski definition) is 0. The molecule has 0 radical (unpaired) electrons. The van der Waals surface area contributed by atoms with E-state index < -0.39 is 36.2 Å². The van der Waals surface area contributed by atoms with E-state index in [2.05, 4.69) is 27.7 Å². The standard InChI is InChI=1S/C10H18NO4.3C4H9.Sn/c1-6-7-11(8(12)14-5)9(13)15-10(2,3)4;3*1-3-4-2;/h7H,6H2,1-5H3;3*1,3-4H2,2H3;. The Balaban J connectivity index is 6.15. The van der Waals surface area contributed by atoms with Crippen molar-refractivity contribution < 1.29 is 19.1 Å². The molecule has 0 heterocycles. The molecular formula is C22H45NO4Sn. The van der Waals surface area contributed by atoms with Gasteiger partial charge in [-0.15, -0.1) is 0 Å². The predicted molar refractivity (Wildman–Crippen MR) is 119 cm³/mol. The molecule has 0 N–H and O–H groups in total. The van der Waals surface area contributed by atoms with Gasteiger partial charge in [0.25, 0.3) is 0 Å². The number of carbonyl (C=O) groups excluding carboxylic acids is 2. The zero-order valence-corrected chi connectivity index (χ0v) is 22.6. The minimum atomic E-state index is -2.89. The molecule has 0 saturated heterocycles. The van der Waals surface area contributed by atoms with Gasteiger partial charge in [-0.2, -0.15) is 0 Å². The molecule has 166 valence electrons. The summed E-state index contributed by atoms with van der Waals surface area (Å²) in [6.45, 7) is 14.3. The summed E-state index contributed by atoms with van der Waals surface area (Å²) >= 11 is -2.89. The van der Waals surface area contributed by atoms with Gasteiger partial charge in [-0.1, -0.05) is 0 Å². The second-order valence-electron chi connectivity index (χ2n) is 8.92. The van der Waals surface area contributed by atoms with Crippen molar-refractivity contribution in [2.24, 2.45) is 0 Å². The summed E-state index contributed by atoms with van der Waals surface area (Å²) in [6, 6.07) is 0. The van der Waals surface area contributed by atoms with Gasteiger partial charge in [0.1, 0.15) is 0 Å². The van der Waals surface area contributed by atoms with Crippen LogP contribution < -0.4 is 0 Å². The molecule has 6 heteroatoms. The Bertz CT molecular complexity index is 440. The average Bonchev–Trinajstić information content (AvgIpc) is 2.63. The van der Waals surface area contributed by atoms with Crippen molar-refractivity contribution in [1.82, 2.24) is 4.90 Å². The molecule has 5 nitrogen and oxygen atoms in total. The number of methoxy groups -OCH3 is 1. The second kappa shape index (κ2) is 13.7. The summed E-state index contributed by atoms with van der Waals surface area (Å²) in [5, 5.41) is 0. The number of imide groups is 1. The Morgan fingerprint density at radius 3 is 1.57 bits per heavy atom. The molecule has 28 heavy (non-hydrogen) atoms. The minimum absolute atomic E-state index is 0.0127. The third-order valence-corrected chi connectivity index (χ3v) is 22.9. The van der Waals surface area contributed by atoms with Gasteiger partial charge in [-0.3, -0.25) is 0 Å². The maximum atomic E-state index is 13.1. The Labute approximate surface area is 177 Å². The summed E-state index contributed by atoms with van der Waals surface area (Å²) in [5.74, 6) is 0. The van der Waals surface area contributed by atoms with Crippen LogP contribution in [0.1, 0.15) is 93.4 Å². The number of nitrogens with zero attached hydrogens (tertiary/aromatic N) is 1. The topological polar surface area (TPSA) is 55.8 Å². The first kappa shape index (κ1) is 27.5. The van der Waals surface area contributed by atoms with Crippen LogP contribution in [0.25, 0.3) is 0 Å². The van der Waals surface area contributed by atoms with Crippen molar-refractivity contribution in [3.8, 4) is 0 Å². The molecule has 0 saturated carbocycles. The van der Waals surface area contributed by atoms with Crippen LogP contribution in [0.3, 0.4) is 0 Å². The molecule has 0 fully saturated rings. The van der Waals surface area contributed by atoms with E-state index in [0.717, 1.165) is 25.7 Å². The molecule has 0 aromatic heterocycles. The van der Waals surface area contributed by atoms with Crippen molar-refractivity contribution in [3.63, 3.8) is 0 Å². The number of amides is 2. The number of hydrogen-bond acceptors (Lipinski definition) is 4. The first-order chi connectivity index (χ1) is 13.1. The SMILES string of the molecule is CCC[CH2][Sn]([CH2]CCC)([CH2]CCC)[C@H](CC)N(C(=O)OC)C(=O)OC(C)(C)C. The monoisotopic (exact) mass is 507 g/mol. The average molecular weight is 506 g/mol. The van der Waals surface area contributed by atoms with Crippen molar-refractivity contribution in [2.45, 2.75) is 116 Å². The Hall–Kier alpha value is -0.461. The summed E-state index contributed by atoms with van der Waals surface area (Å²) in [4.78, 5) is 27.2. The normalized spacial score (nSPS) is 13.1. The second-order valence-corrected chi connectivity index (χ2v) is 22.9. The van der Waals surface area contributed by atoms with Gasteiger partial charge in [0.15, 0.2) is 0 Å². The van der Waals surface area contributed by atoms with Crippen LogP contribution in [0.2, 0.25) is 13.3 Å². The Kier molecular flexibility index (Phi) is 13.5. The molecule has 1 atom stereocenters. The van der Waals surface area contributed by atoms with Crippen LogP contribution in [-0.2, 0) is 9.47 Å². The molecule has 0 spiro atoms. The van der Waals surface area contributed by atoms with E-state index in [1.54, 1.807) is 0 Å². The van der Waals surface area contributed by atoms with Gasteiger partial charge in [0, 0.05) is 0 Å². The van der Waals surface area contributed by atoms with Gasteiger partial charge in [-0.05, 0) is 0 Å². The van der Waals surface area contributed by atoms with Gasteiger partial charge in [-0.25, -0.2) is 0 Å². The van der Waals surface area contributed by atoms with E-state index in [1.165, 1.54) is 44.6 Å². The summed E-state index contributed by atoms with van der Waals surface area (Å²) in [7, 11) is 1.35. The summed E-state index contributed by atoms with van der Waals surface area (Å²) in [5.41, 5.74) is -0.643. The molecule has 0 aliphatic heterocycles. The molecule has 0 rings (SSSR count). The van der Waals surface area contributed by atoms with E-state index in [9.17, 15) is 9.59 Å². The number of rotatable bonds is 12. The summed E-state index contributed by atoms with van der Waals surface area (Å²) < 4.78 is 14.3. The van der Waals surface area contributed by atoms with Crippen LogP contribution in [0.4, 0.5) is 9.59 Å². The zero-order valence-electron chi connectivity index (χ0n) is 19.7. The van der Waals surface area contributed by atoms with E-state index in [-0.39, 0.29) is 4.06 Å². The van der Waals surface area contributed by atoms with Crippen LogP contribution in [0, 0.1) is 0 Å². The van der Waals surface area contributed by atoms with Gasteiger partial charge >= 0.3 is 178 Å². The van der Waals surface area contributed by atoms with E-state index >= 15 is 0 Å². The number of ether oxygens (including phenoxy) is 2. The van der Waals surface area contributed by atoms with Crippen molar-refractivity contribution in [3.05, 3.63) is 0 Å². The Morgan fingerprint density at radius 1 is 0.857 bits per heavy atom. The van der Waals surface area contributed by atoms with Crippen molar-refractivity contribution >= 4 is 30.6 Å². The van der Waals surface area contributed by atoms with Gasteiger partial charge < -0.3 is 0 Å². The fourth-order valence-corrected chi connectivity index (χ4v) is 22.8. The molecule has 0 unspecified atom stereocenters. The van der Waals surface area contributed by atoms with Crippen LogP contribution in [-0.4, -0.2) is 52.2 Å². The molecule has 0 bridgehead atoms. The molecule has 0 aromatic carbocycles. The van der Waals surface area contributed by atoms with Crippen molar-refractivity contribution in [2.75, 3.05) is 7.11 Å². The summed E-state index contributed by atoms with van der Waals surface area (Å²) in [6.07, 6.45) is 6.69. The van der Waals surface area contributed by atoms with Crippen LogP contribution in [0.15, 0.2) is 0 Å². The molecule has 2 amide bonds. The van der Waals surface area contributed by atoms with Crippen LogP contribution in [0.5, 0.6) is 0 Å². The fourth-order valence-electron chi connectivity index (χ4n) is 4.09. The zero-order chi connectivity index (χ0) is 21.8. The third-order valence-electron chi connectivity index (χ3n) is 5.45. The molecule has 0 aromatic rings. The Morgan fingerprint density at radius 2 is 1.29 bits per heavy atom. The maximum absolute atomic E-state index is 13.1. The van der Waals surface area contributed by atoms with E-state index in [1.807, 2.05) is 20.8 Å². The quantitative estimate of drug-likeness (QED) is 0.264.